The predicted octanol–water partition coefficient (Wildman–Crippen LogP) is 16.0. The maximum Gasteiger partial charge on any atom is 0.163 e. The van der Waals surface area contributed by atoms with E-state index in [4.69, 9.17) is 24.4 Å². The van der Waals surface area contributed by atoms with Crippen LogP contribution in [0.5, 0.6) is 0 Å². The minimum atomic E-state index is -0.232. The first-order valence-corrected chi connectivity index (χ1v) is 24.0. The second-order valence-electron chi connectivity index (χ2n) is 20.0. The number of pyridine rings is 1. The number of furan rings is 1. The van der Waals surface area contributed by atoms with Gasteiger partial charge >= 0.3 is 0 Å². The average molecular weight is 1090 g/mol. The van der Waals surface area contributed by atoms with Gasteiger partial charge in [0.15, 0.2) is 5.82 Å². The van der Waals surface area contributed by atoms with Crippen LogP contribution in [0.3, 0.4) is 0 Å². The molecule has 11 rings (SSSR count). The zero-order valence-corrected chi connectivity index (χ0v) is 43.4. The molecule has 0 aliphatic heterocycles. The van der Waals surface area contributed by atoms with Crippen molar-refractivity contribution < 1.29 is 24.5 Å². The van der Waals surface area contributed by atoms with Crippen LogP contribution in [0.1, 0.15) is 104 Å². The molecule has 0 bridgehead atoms. The Balaban J connectivity index is 0.000000352. The third-order valence-electron chi connectivity index (χ3n) is 12.2. The fourth-order valence-corrected chi connectivity index (χ4v) is 9.77. The third kappa shape index (κ3) is 8.68. The van der Waals surface area contributed by atoms with E-state index in [9.17, 15) is 0 Å². The van der Waals surface area contributed by atoms with E-state index < -0.39 is 0 Å². The summed E-state index contributed by atoms with van der Waals surface area (Å²) in [4.78, 5) is 24.5. The smallest absolute Gasteiger partial charge is 0.163 e. The summed E-state index contributed by atoms with van der Waals surface area (Å²) < 4.78 is 11.7. The number of fused-ring (bicyclic) bond motifs is 7. The first-order chi connectivity index (χ1) is 32.1. The fraction of sp³-hybridized carbons (Fsp3) is 0.237. The Kier molecular flexibility index (Phi) is 12.5. The van der Waals surface area contributed by atoms with E-state index in [1.807, 2.05) is 30.5 Å². The van der Waals surface area contributed by atoms with Gasteiger partial charge in [0.05, 0.1) is 22.4 Å². The molecule has 0 fully saturated rings. The van der Waals surface area contributed by atoms with E-state index in [1.54, 1.807) is 11.3 Å². The van der Waals surface area contributed by atoms with Crippen molar-refractivity contribution in [2.24, 2.45) is 0 Å². The standard InChI is InChI=1S/C48H48N5O.C11H6NS.Ir/c1-28(2)36-25-32(30-17-12-11-13-18-30)26-37(29(3)4)41(36)53-39-22-15-14-21-38(39)49-44(53)35-20-16-19-34-33-24-23-31(27-40(33)54-42(34)35)43-50-45(47(5,6)7)52-46(51-43)48(8,9)10;1-2-5-9-8(4-1)11-10(13-9)6-3-7-12-11;/h11-19,21-29H,1-10H3;1-3,5-7H;/q2*-1;. The molecule has 5 heterocycles. The number of aromatic nitrogens is 6. The van der Waals surface area contributed by atoms with Crippen molar-refractivity contribution in [1.29, 1.82) is 0 Å². The van der Waals surface area contributed by atoms with E-state index >= 15 is 0 Å². The number of para-hydroxylation sites is 2. The van der Waals surface area contributed by atoms with Gasteiger partial charge in [-0.2, -0.15) is 11.3 Å². The molecule has 0 spiro atoms. The molecule has 11 aromatic rings. The van der Waals surface area contributed by atoms with Crippen LogP contribution in [0.2, 0.25) is 0 Å². The van der Waals surface area contributed by atoms with E-state index in [0.29, 0.717) is 5.82 Å². The van der Waals surface area contributed by atoms with E-state index in [-0.39, 0.29) is 42.8 Å². The summed E-state index contributed by atoms with van der Waals surface area (Å²) in [6.07, 6.45) is 1.83. The maximum absolute atomic E-state index is 6.86. The summed E-state index contributed by atoms with van der Waals surface area (Å²) in [5.41, 5.74) is 12.0. The van der Waals surface area contributed by atoms with Gasteiger partial charge in [-0.15, -0.1) is 47.9 Å². The van der Waals surface area contributed by atoms with Crippen LogP contribution in [0.4, 0.5) is 0 Å². The largest absolute Gasteiger partial charge is 0.501 e. The van der Waals surface area contributed by atoms with Crippen LogP contribution < -0.4 is 0 Å². The molecule has 0 aliphatic rings. The van der Waals surface area contributed by atoms with Gasteiger partial charge in [0.1, 0.15) is 17.2 Å². The van der Waals surface area contributed by atoms with E-state index in [1.165, 1.54) is 37.3 Å². The molecular formula is C59H54IrN6OS-2. The van der Waals surface area contributed by atoms with Crippen molar-refractivity contribution in [2.75, 3.05) is 0 Å². The first-order valence-electron chi connectivity index (χ1n) is 23.1. The molecule has 0 amide bonds. The summed E-state index contributed by atoms with van der Waals surface area (Å²) in [5, 5.41) is 3.17. The Labute approximate surface area is 416 Å². The first kappa shape index (κ1) is 46.7. The number of hydrogen-bond acceptors (Lipinski definition) is 7. The van der Waals surface area contributed by atoms with Crippen molar-refractivity contribution in [3.8, 4) is 39.6 Å². The van der Waals surface area contributed by atoms with Crippen LogP contribution in [0.25, 0.3) is 92.9 Å². The Bertz CT molecular complexity index is 3520. The van der Waals surface area contributed by atoms with Crippen LogP contribution in [0, 0.1) is 12.1 Å². The van der Waals surface area contributed by atoms with Gasteiger partial charge in [-0.3, -0.25) is 4.98 Å². The molecule has 0 saturated heterocycles. The summed E-state index contributed by atoms with van der Waals surface area (Å²) >= 11 is 1.77. The fourth-order valence-electron chi connectivity index (χ4n) is 8.73. The summed E-state index contributed by atoms with van der Waals surface area (Å²) in [6.45, 7) is 21.9. The Morgan fingerprint density at radius 2 is 1.28 bits per heavy atom. The summed E-state index contributed by atoms with van der Waals surface area (Å²) in [5.74, 6) is 3.52. The van der Waals surface area contributed by atoms with Crippen LogP contribution in [0.15, 0.2) is 138 Å². The van der Waals surface area contributed by atoms with Crippen molar-refractivity contribution in [3.05, 3.63) is 168 Å². The second-order valence-corrected chi connectivity index (χ2v) is 21.1. The average Bonchev–Trinajstić information content (AvgIpc) is 4.02. The zero-order chi connectivity index (χ0) is 46.8. The number of thiophene rings is 1. The number of hydrogen-bond donors (Lipinski definition) is 0. The van der Waals surface area contributed by atoms with Gasteiger partial charge in [-0.25, -0.2) is 15.0 Å². The number of rotatable bonds is 6. The van der Waals surface area contributed by atoms with Gasteiger partial charge in [-0.1, -0.05) is 146 Å². The van der Waals surface area contributed by atoms with Crippen molar-refractivity contribution in [1.82, 2.24) is 29.5 Å². The molecule has 9 heteroatoms. The molecule has 6 aromatic carbocycles. The molecule has 0 atom stereocenters. The van der Waals surface area contributed by atoms with Crippen molar-refractivity contribution >= 4 is 64.6 Å². The molecule has 7 nitrogen and oxygen atoms in total. The minimum Gasteiger partial charge on any atom is -0.501 e. The van der Waals surface area contributed by atoms with Gasteiger partial charge in [0, 0.05) is 64.0 Å². The molecule has 0 aliphatic carbocycles. The number of imidazole rings is 1. The Hall–Kier alpha value is -6.38. The maximum atomic E-state index is 6.86. The van der Waals surface area contributed by atoms with Crippen molar-refractivity contribution in [2.45, 2.75) is 91.9 Å². The molecule has 343 valence electrons. The zero-order valence-electron chi connectivity index (χ0n) is 40.2. The van der Waals surface area contributed by atoms with Gasteiger partial charge < -0.3 is 14.0 Å². The van der Waals surface area contributed by atoms with E-state index in [2.05, 4.69) is 194 Å². The molecular weight excluding hydrogens is 1030 g/mol. The number of benzene rings is 6. The topological polar surface area (TPSA) is 82.5 Å². The van der Waals surface area contributed by atoms with Crippen LogP contribution in [-0.2, 0) is 30.9 Å². The van der Waals surface area contributed by atoms with Crippen LogP contribution >= 0.6 is 11.3 Å². The SMILES string of the molecule is CC(C)c1cc(-c2ccccc2)cc(C(C)C)c1-n1c(-c2[c-]ccc3c2oc2cc(-c4nc(C(C)(C)C)nc(C(C)(C)C)n4)ccc23)nc2ccccc21.[Ir].[c-]1cccc2sc3cccnc3c12. The summed E-state index contributed by atoms with van der Waals surface area (Å²) in [6, 6.07) is 51.1. The second kappa shape index (κ2) is 18.3. The molecule has 0 unspecified atom stereocenters. The Morgan fingerprint density at radius 1 is 0.603 bits per heavy atom. The third-order valence-corrected chi connectivity index (χ3v) is 13.4. The number of nitrogens with zero attached hydrogens (tertiary/aromatic N) is 6. The van der Waals surface area contributed by atoms with Crippen molar-refractivity contribution in [3.63, 3.8) is 0 Å². The van der Waals surface area contributed by atoms with Crippen LogP contribution in [-0.4, -0.2) is 29.5 Å². The van der Waals surface area contributed by atoms with Gasteiger partial charge in [0.2, 0.25) is 0 Å². The van der Waals surface area contributed by atoms with Gasteiger partial charge in [0.25, 0.3) is 0 Å². The molecule has 5 aromatic heterocycles. The molecule has 0 N–H and O–H groups in total. The van der Waals surface area contributed by atoms with E-state index in [0.717, 1.165) is 72.5 Å². The predicted molar refractivity (Wildman–Crippen MR) is 278 cm³/mol. The minimum absolute atomic E-state index is 0. The normalized spacial score (nSPS) is 12.1. The Morgan fingerprint density at radius 3 is 1.97 bits per heavy atom. The quantitative estimate of drug-likeness (QED) is 0.154. The summed E-state index contributed by atoms with van der Waals surface area (Å²) in [7, 11) is 0. The molecule has 0 saturated carbocycles. The molecule has 1 radical (unpaired) electrons. The van der Waals surface area contributed by atoms with Gasteiger partial charge in [-0.05, 0) is 70.5 Å². The monoisotopic (exact) mass is 1090 g/mol. The molecule has 68 heavy (non-hydrogen) atoms.